The number of benzene rings is 1. The smallest absolute Gasteiger partial charge is 0.204 e. The molecule has 0 aromatic heterocycles. The van der Waals surface area contributed by atoms with Crippen LogP contribution in [0.3, 0.4) is 0 Å². The average molecular weight is 299 g/mol. The second kappa shape index (κ2) is 4.90. The lowest BCUT2D eigenvalue weighted by Gasteiger charge is -2.27. The summed E-state index contributed by atoms with van der Waals surface area (Å²) in [5.41, 5.74) is 0.706. The highest BCUT2D eigenvalue weighted by molar-refractivity contribution is 7.95. The Labute approximate surface area is 118 Å². The maximum atomic E-state index is 12.4. The minimum absolute atomic E-state index is 0.377. The van der Waals surface area contributed by atoms with E-state index in [1.54, 1.807) is 24.3 Å². The SMILES string of the molecule is O=S1(=O)C(CN2CCNCC2)=Cc2cc(Cl)ccc21. The molecule has 1 N–H and O–H groups in total. The molecule has 0 bridgehead atoms. The molecule has 0 aliphatic carbocycles. The molecule has 102 valence electrons. The molecule has 0 saturated carbocycles. The number of sulfone groups is 1. The van der Waals surface area contributed by atoms with E-state index in [9.17, 15) is 8.42 Å². The molecular formula is C13H15ClN2O2S. The molecule has 0 atom stereocenters. The van der Waals surface area contributed by atoms with Gasteiger partial charge < -0.3 is 5.32 Å². The van der Waals surface area contributed by atoms with Crippen LogP contribution in [0.5, 0.6) is 0 Å². The molecule has 3 rings (SSSR count). The predicted octanol–water partition coefficient (Wildman–Crippen LogP) is 1.37. The number of hydrogen-bond donors (Lipinski definition) is 1. The molecule has 6 heteroatoms. The molecule has 1 aromatic carbocycles. The van der Waals surface area contributed by atoms with Gasteiger partial charge in [0.2, 0.25) is 9.84 Å². The first kappa shape index (κ1) is 13.1. The van der Waals surface area contributed by atoms with E-state index in [-0.39, 0.29) is 0 Å². The molecule has 0 unspecified atom stereocenters. The van der Waals surface area contributed by atoms with Gasteiger partial charge in [0, 0.05) is 37.7 Å². The van der Waals surface area contributed by atoms with Crippen LogP contribution in [0, 0.1) is 0 Å². The van der Waals surface area contributed by atoms with Crippen LogP contribution in [-0.2, 0) is 9.84 Å². The molecule has 1 aromatic rings. The molecule has 0 radical (unpaired) electrons. The van der Waals surface area contributed by atoms with Gasteiger partial charge >= 0.3 is 0 Å². The van der Waals surface area contributed by atoms with Gasteiger partial charge in [0.05, 0.1) is 9.80 Å². The lowest BCUT2D eigenvalue weighted by Crippen LogP contribution is -2.44. The summed E-state index contributed by atoms with van der Waals surface area (Å²) in [6.45, 7) is 4.06. The number of hydrogen-bond acceptors (Lipinski definition) is 4. The van der Waals surface area contributed by atoms with Crippen molar-refractivity contribution in [2.45, 2.75) is 4.90 Å². The number of nitrogens with zero attached hydrogens (tertiary/aromatic N) is 1. The number of nitrogens with one attached hydrogen (secondary N) is 1. The van der Waals surface area contributed by atoms with E-state index in [1.807, 2.05) is 0 Å². The molecule has 1 saturated heterocycles. The summed E-state index contributed by atoms with van der Waals surface area (Å²) in [5.74, 6) is 0. The van der Waals surface area contributed by atoms with Crippen molar-refractivity contribution < 1.29 is 8.42 Å². The van der Waals surface area contributed by atoms with Gasteiger partial charge in [-0.25, -0.2) is 8.42 Å². The van der Waals surface area contributed by atoms with Crippen LogP contribution in [0.2, 0.25) is 5.02 Å². The molecule has 0 amide bonds. The minimum atomic E-state index is -3.32. The monoisotopic (exact) mass is 298 g/mol. The van der Waals surface area contributed by atoms with Crippen molar-refractivity contribution in [3.8, 4) is 0 Å². The first-order valence-electron chi connectivity index (χ1n) is 6.26. The number of piperazine rings is 1. The second-order valence-corrected chi connectivity index (χ2v) is 7.23. The van der Waals surface area contributed by atoms with Crippen LogP contribution in [0.4, 0.5) is 0 Å². The van der Waals surface area contributed by atoms with Crippen molar-refractivity contribution in [3.05, 3.63) is 33.7 Å². The lowest BCUT2D eigenvalue weighted by molar-refractivity contribution is 0.263. The zero-order valence-electron chi connectivity index (χ0n) is 10.4. The molecular weight excluding hydrogens is 284 g/mol. The normalized spacial score (nSPS) is 22.1. The van der Waals surface area contributed by atoms with Crippen LogP contribution in [0.15, 0.2) is 28.0 Å². The Hall–Kier alpha value is -0.880. The van der Waals surface area contributed by atoms with E-state index in [0.29, 0.717) is 26.9 Å². The van der Waals surface area contributed by atoms with Gasteiger partial charge in [-0.15, -0.1) is 0 Å². The third-order valence-corrected chi connectivity index (χ3v) is 5.64. The first-order valence-corrected chi connectivity index (χ1v) is 8.12. The van der Waals surface area contributed by atoms with Crippen LogP contribution >= 0.6 is 11.6 Å². The number of fused-ring (bicyclic) bond motifs is 1. The van der Waals surface area contributed by atoms with E-state index in [4.69, 9.17) is 11.6 Å². The van der Waals surface area contributed by atoms with Gasteiger partial charge in [-0.3, -0.25) is 4.90 Å². The number of rotatable bonds is 2. The van der Waals surface area contributed by atoms with Crippen LogP contribution in [-0.4, -0.2) is 46.0 Å². The van der Waals surface area contributed by atoms with Crippen LogP contribution < -0.4 is 5.32 Å². The van der Waals surface area contributed by atoms with Crippen molar-refractivity contribution in [2.24, 2.45) is 0 Å². The van der Waals surface area contributed by atoms with Gasteiger partial charge in [-0.2, -0.15) is 0 Å². The van der Waals surface area contributed by atoms with Gasteiger partial charge in [0.1, 0.15) is 0 Å². The largest absolute Gasteiger partial charge is 0.314 e. The zero-order valence-corrected chi connectivity index (χ0v) is 12.0. The van der Waals surface area contributed by atoms with Crippen molar-refractivity contribution in [3.63, 3.8) is 0 Å². The summed E-state index contributed by atoms with van der Waals surface area (Å²) in [6.07, 6.45) is 1.75. The predicted molar refractivity (Wildman–Crippen MR) is 75.9 cm³/mol. The average Bonchev–Trinajstić information content (AvgIpc) is 2.62. The van der Waals surface area contributed by atoms with E-state index >= 15 is 0 Å². The van der Waals surface area contributed by atoms with E-state index in [2.05, 4.69) is 10.2 Å². The quantitative estimate of drug-likeness (QED) is 0.896. The van der Waals surface area contributed by atoms with Gasteiger partial charge in [-0.1, -0.05) is 11.6 Å². The van der Waals surface area contributed by atoms with E-state index < -0.39 is 9.84 Å². The Morgan fingerprint density at radius 3 is 2.74 bits per heavy atom. The van der Waals surface area contributed by atoms with Crippen LogP contribution in [0.1, 0.15) is 5.56 Å². The summed E-state index contributed by atoms with van der Waals surface area (Å²) in [6, 6.07) is 4.92. The summed E-state index contributed by atoms with van der Waals surface area (Å²) in [5, 5.41) is 3.82. The molecule has 4 nitrogen and oxygen atoms in total. The highest BCUT2D eigenvalue weighted by Crippen LogP contribution is 2.34. The van der Waals surface area contributed by atoms with Gasteiger partial charge in [-0.05, 0) is 29.8 Å². The standard InChI is InChI=1S/C13H15ClN2O2S/c14-11-1-2-13-10(7-11)8-12(19(13,17)18)9-16-5-3-15-4-6-16/h1-2,7-8,15H,3-6,9H2. The fourth-order valence-electron chi connectivity index (χ4n) is 2.49. The third kappa shape index (κ3) is 2.43. The maximum Gasteiger partial charge on any atom is 0.204 e. The Balaban J connectivity index is 1.89. The molecule has 19 heavy (non-hydrogen) atoms. The molecule has 1 fully saturated rings. The Kier molecular flexibility index (Phi) is 3.39. The molecule has 2 aliphatic heterocycles. The summed E-state index contributed by atoms with van der Waals surface area (Å²) in [7, 11) is -3.32. The Morgan fingerprint density at radius 1 is 1.26 bits per heavy atom. The summed E-state index contributed by atoms with van der Waals surface area (Å²) < 4.78 is 24.8. The van der Waals surface area contributed by atoms with Crippen LogP contribution in [0.25, 0.3) is 6.08 Å². The minimum Gasteiger partial charge on any atom is -0.314 e. The first-order chi connectivity index (χ1) is 9.07. The maximum absolute atomic E-state index is 12.4. The van der Waals surface area contributed by atoms with Gasteiger partial charge in [0.25, 0.3) is 0 Å². The Bertz CT molecular complexity index is 634. The highest BCUT2D eigenvalue weighted by atomic mass is 35.5. The zero-order chi connectivity index (χ0) is 13.5. The van der Waals surface area contributed by atoms with Crippen molar-refractivity contribution in [1.29, 1.82) is 0 Å². The summed E-state index contributed by atoms with van der Waals surface area (Å²) in [4.78, 5) is 3.02. The van der Waals surface area contributed by atoms with Crippen molar-refractivity contribution in [2.75, 3.05) is 32.7 Å². The highest BCUT2D eigenvalue weighted by Gasteiger charge is 2.30. The fraction of sp³-hybridized carbons (Fsp3) is 0.385. The van der Waals surface area contributed by atoms with Crippen molar-refractivity contribution in [1.82, 2.24) is 10.2 Å². The third-order valence-electron chi connectivity index (χ3n) is 3.51. The second-order valence-electron chi connectivity index (χ2n) is 4.82. The topological polar surface area (TPSA) is 49.4 Å². The molecule has 2 aliphatic rings. The molecule has 0 spiro atoms. The summed E-state index contributed by atoms with van der Waals surface area (Å²) >= 11 is 5.91. The van der Waals surface area contributed by atoms with Gasteiger partial charge in [0.15, 0.2) is 0 Å². The molecule has 2 heterocycles. The van der Waals surface area contributed by atoms with E-state index in [0.717, 1.165) is 26.2 Å². The number of halogens is 1. The van der Waals surface area contributed by atoms with Crippen molar-refractivity contribution >= 4 is 27.5 Å². The Morgan fingerprint density at radius 2 is 2.00 bits per heavy atom. The lowest BCUT2D eigenvalue weighted by atomic mass is 10.2. The fourth-order valence-corrected chi connectivity index (χ4v) is 4.26. The van der Waals surface area contributed by atoms with E-state index in [1.165, 1.54) is 0 Å².